The van der Waals surface area contributed by atoms with Gasteiger partial charge in [0.1, 0.15) is 0 Å². The van der Waals surface area contributed by atoms with Crippen molar-refractivity contribution >= 4 is 18.7 Å². The van der Waals surface area contributed by atoms with Crippen molar-refractivity contribution in [1.82, 2.24) is 0 Å². The first kappa shape index (κ1) is 19.5. The van der Waals surface area contributed by atoms with E-state index in [1.54, 1.807) is 0 Å². The van der Waals surface area contributed by atoms with Crippen LogP contribution in [-0.2, 0) is 0 Å². The lowest BCUT2D eigenvalue weighted by Gasteiger charge is -2.41. The molecular weight excluding hydrogens is 324 g/mol. The zero-order valence-corrected chi connectivity index (χ0v) is 16.3. The van der Waals surface area contributed by atoms with Gasteiger partial charge in [-0.1, -0.05) is 74.5 Å². The fraction of sp³-hybridized carbons (Fsp3) is 0.364. The molecule has 0 bridgehead atoms. The van der Waals surface area contributed by atoms with Gasteiger partial charge in [0.25, 0.3) is 8.32 Å². The van der Waals surface area contributed by atoms with Crippen molar-refractivity contribution in [2.24, 2.45) is 5.92 Å². The van der Waals surface area contributed by atoms with Gasteiger partial charge in [-0.3, -0.25) is 0 Å². The summed E-state index contributed by atoms with van der Waals surface area (Å²) in [5.74, 6) is 2.42. The van der Waals surface area contributed by atoms with E-state index in [-0.39, 0.29) is 11.0 Å². The van der Waals surface area contributed by atoms with Crippen LogP contribution in [0.4, 0.5) is 0 Å². The summed E-state index contributed by atoms with van der Waals surface area (Å²) in [6, 6.07) is 19.9. The van der Waals surface area contributed by atoms with Gasteiger partial charge < -0.3 is 9.90 Å². The molecule has 0 aliphatic rings. The second kappa shape index (κ2) is 8.01. The minimum atomic E-state index is -3.00. The summed E-state index contributed by atoms with van der Waals surface area (Å²) in [5.41, 5.74) is 0. The van der Waals surface area contributed by atoms with E-state index in [2.05, 4.69) is 19.8 Å². The lowest BCUT2D eigenvalue weighted by molar-refractivity contribution is 0.125. The van der Waals surface area contributed by atoms with Crippen molar-refractivity contribution in [2.75, 3.05) is 0 Å². The summed E-state index contributed by atoms with van der Waals surface area (Å²) in [6.45, 7) is 6.06. The topological polar surface area (TPSA) is 40.5 Å². The second-order valence-electron chi connectivity index (χ2n) is 7.39. The largest absolute Gasteiger partial charge is 0.424 e. The van der Waals surface area contributed by atoms with Crippen LogP contribution in [0, 0.1) is 18.3 Å². The van der Waals surface area contributed by atoms with E-state index in [4.69, 9.17) is 6.42 Å². The van der Waals surface area contributed by atoms with Crippen molar-refractivity contribution in [2.45, 2.75) is 44.8 Å². The van der Waals surface area contributed by atoms with Gasteiger partial charge in [0.15, 0.2) is 0 Å². The molecule has 2 aromatic carbocycles. The Labute approximate surface area is 152 Å². The van der Waals surface area contributed by atoms with E-state index < -0.39 is 14.4 Å². The minimum absolute atomic E-state index is 0.181. The van der Waals surface area contributed by atoms with Gasteiger partial charge in [0.05, 0.1) is 6.10 Å². The van der Waals surface area contributed by atoms with Gasteiger partial charge in [-0.15, -0.1) is 12.3 Å². The normalized spacial score (nSPS) is 14.6. The molecule has 0 fully saturated rings. The van der Waals surface area contributed by atoms with Crippen LogP contribution in [0.25, 0.3) is 0 Å². The maximum absolute atomic E-state index is 12.0. The molecule has 25 heavy (non-hydrogen) atoms. The molecule has 0 aliphatic heterocycles. The predicted molar refractivity (Wildman–Crippen MR) is 107 cm³/mol. The molecule has 2 rings (SSSR count). The van der Waals surface area contributed by atoms with Crippen LogP contribution >= 0.6 is 0 Å². The van der Waals surface area contributed by atoms with E-state index in [9.17, 15) is 9.90 Å². The molecule has 2 atom stereocenters. The quantitative estimate of drug-likeness (QED) is 0.594. The first-order chi connectivity index (χ1) is 11.8. The Balaban J connectivity index is 2.40. The van der Waals surface area contributed by atoms with Crippen LogP contribution in [0.1, 0.15) is 33.6 Å². The lowest BCUT2D eigenvalue weighted by Crippen LogP contribution is -2.65. The molecule has 2 unspecified atom stereocenters. The van der Waals surface area contributed by atoms with Gasteiger partial charge in [0, 0.05) is 5.92 Å². The van der Waals surface area contributed by atoms with E-state index in [0.29, 0.717) is 12.8 Å². The van der Waals surface area contributed by atoms with E-state index in [0.717, 1.165) is 10.4 Å². The summed E-state index contributed by atoms with van der Waals surface area (Å²) in [7, 11) is -3.00. The molecule has 2 nitrogen and oxygen atoms in total. The third-order valence-corrected chi connectivity index (χ3v) is 9.81. The van der Waals surface area contributed by atoms with Crippen molar-refractivity contribution in [3.8, 4) is 12.3 Å². The number of aliphatic hydroxyl groups is 1. The van der Waals surface area contributed by atoms with E-state index >= 15 is 0 Å². The number of terminal acetylenes is 1. The van der Waals surface area contributed by atoms with Gasteiger partial charge >= 0.3 is 0 Å². The zero-order chi connectivity index (χ0) is 18.5. The summed E-state index contributed by atoms with van der Waals surface area (Å²) >= 11 is 0. The average molecular weight is 353 g/mol. The third kappa shape index (κ3) is 4.04. The number of aliphatic hydroxyl groups excluding tert-OH is 1. The smallest absolute Gasteiger partial charge is 0.258 e. The first-order valence-corrected chi connectivity index (χ1v) is 10.8. The van der Waals surface area contributed by atoms with Crippen LogP contribution in [0.15, 0.2) is 60.7 Å². The summed E-state index contributed by atoms with van der Waals surface area (Å²) < 4.78 is 0. The van der Waals surface area contributed by atoms with E-state index in [1.807, 2.05) is 67.6 Å². The number of hydrogen-bond acceptors (Lipinski definition) is 2. The maximum Gasteiger partial charge on any atom is 0.258 e. The van der Waals surface area contributed by atoms with Gasteiger partial charge in [-0.25, -0.2) is 0 Å². The van der Waals surface area contributed by atoms with Crippen LogP contribution in [0.5, 0.6) is 0 Å². The molecule has 0 spiro atoms. The van der Waals surface area contributed by atoms with Gasteiger partial charge in [0.2, 0.25) is 0 Å². The second-order valence-corrected chi connectivity index (χ2v) is 11.3. The summed E-state index contributed by atoms with van der Waals surface area (Å²) in [5, 5.41) is 11.9. The molecule has 0 saturated heterocycles. The molecule has 2 N–H and O–H groups in total. The minimum Gasteiger partial charge on any atom is -0.424 e. The van der Waals surface area contributed by atoms with Gasteiger partial charge in [-0.05, 0) is 35.2 Å². The van der Waals surface area contributed by atoms with E-state index in [1.165, 1.54) is 0 Å². The Bertz CT molecular complexity index is 664. The fourth-order valence-corrected chi connectivity index (χ4v) is 7.11. The Morgan fingerprint density at radius 1 is 1.00 bits per heavy atom. The number of benzene rings is 2. The molecule has 0 amide bonds. The molecule has 0 saturated carbocycles. The SMILES string of the molecule is C#CC(C)C(O)CCC(C)(C)[Si](O)(c1ccccc1)c1ccccc1. The van der Waals surface area contributed by atoms with Crippen molar-refractivity contribution in [1.29, 1.82) is 0 Å². The molecule has 0 aliphatic carbocycles. The molecule has 0 radical (unpaired) electrons. The van der Waals surface area contributed by atoms with Crippen molar-refractivity contribution in [3.05, 3.63) is 60.7 Å². The molecule has 2 aromatic rings. The number of hydrogen-bond donors (Lipinski definition) is 2. The highest BCUT2D eigenvalue weighted by Gasteiger charge is 2.49. The molecule has 3 heteroatoms. The van der Waals surface area contributed by atoms with Crippen molar-refractivity contribution < 1.29 is 9.90 Å². The summed E-state index contributed by atoms with van der Waals surface area (Å²) in [4.78, 5) is 12.0. The van der Waals surface area contributed by atoms with Crippen LogP contribution < -0.4 is 10.4 Å². The van der Waals surface area contributed by atoms with Gasteiger partial charge in [-0.2, -0.15) is 0 Å². The van der Waals surface area contributed by atoms with Crippen LogP contribution in [-0.4, -0.2) is 24.3 Å². The zero-order valence-electron chi connectivity index (χ0n) is 15.3. The molecule has 0 aromatic heterocycles. The highest BCUT2D eigenvalue weighted by atomic mass is 28.4. The highest BCUT2D eigenvalue weighted by Crippen LogP contribution is 2.40. The summed E-state index contributed by atoms with van der Waals surface area (Å²) in [6.07, 6.45) is 6.16. The standard InChI is InChI=1S/C22H28O2Si/c1-5-18(2)21(23)16-17-22(3,4)25(24,19-12-8-6-9-13-19)20-14-10-7-11-15-20/h1,6-15,18,21,23-24H,16-17H2,2-4H3. The molecular formula is C22H28O2Si. The number of rotatable bonds is 7. The van der Waals surface area contributed by atoms with Crippen LogP contribution in [0.2, 0.25) is 5.04 Å². The monoisotopic (exact) mass is 352 g/mol. The molecule has 132 valence electrons. The fourth-order valence-electron chi connectivity index (χ4n) is 3.36. The first-order valence-electron chi connectivity index (χ1n) is 8.80. The maximum atomic E-state index is 12.0. The third-order valence-electron chi connectivity index (χ3n) is 5.27. The Kier molecular flexibility index (Phi) is 6.24. The van der Waals surface area contributed by atoms with Crippen molar-refractivity contribution in [3.63, 3.8) is 0 Å². The molecule has 0 heterocycles. The lowest BCUT2D eigenvalue weighted by atomic mass is 9.96. The highest BCUT2D eigenvalue weighted by molar-refractivity contribution is 6.98. The average Bonchev–Trinajstić information content (AvgIpc) is 2.66. The Morgan fingerprint density at radius 2 is 1.44 bits per heavy atom. The predicted octanol–water partition coefficient (Wildman–Crippen LogP) is 2.93. The van der Waals surface area contributed by atoms with Crippen LogP contribution in [0.3, 0.4) is 0 Å². The Hall–Kier alpha value is -1.86. The Morgan fingerprint density at radius 3 is 1.84 bits per heavy atom.